The monoisotopic (exact) mass is 346 g/mol. The molecule has 1 aliphatic rings. The number of benzene rings is 2. The summed E-state index contributed by atoms with van der Waals surface area (Å²) in [5.41, 5.74) is 2.97. The number of para-hydroxylation sites is 1. The second-order valence-corrected chi connectivity index (χ2v) is 6.61. The summed E-state index contributed by atoms with van der Waals surface area (Å²) in [4.78, 5) is 23.9. The predicted octanol–water partition coefficient (Wildman–Crippen LogP) is 3.80. The summed E-state index contributed by atoms with van der Waals surface area (Å²) in [5, 5.41) is 4.07. The summed E-state index contributed by atoms with van der Waals surface area (Å²) in [7, 11) is 0. The zero-order valence-electron chi connectivity index (χ0n) is 14.9. The van der Waals surface area contributed by atoms with Crippen molar-refractivity contribution < 1.29 is 4.79 Å². The van der Waals surface area contributed by atoms with Crippen LogP contribution in [0, 0.1) is 0 Å². The Bertz CT molecular complexity index is 935. The fourth-order valence-corrected chi connectivity index (χ4v) is 3.61. The van der Waals surface area contributed by atoms with Crippen LogP contribution in [0.4, 0.5) is 11.5 Å². The third kappa shape index (κ3) is 3.12. The van der Waals surface area contributed by atoms with Crippen LogP contribution in [-0.2, 0) is 11.2 Å². The minimum atomic E-state index is -0.210. The first-order valence-corrected chi connectivity index (χ1v) is 9.12. The van der Waals surface area contributed by atoms with Gasteiger partial charge in [0, 0.05) is 17.6 Å². The van der Waals surface area contributed by atoms with Gasteiger partial charge >= 0.3 is 0 Å². The van der Waals surface area contributed by atoms with Crippen LogP contribution < -0.4 is 10.2 Å². The summed E-state index contributed by atoms with van der Waals surface area (Å²) in [5.74, 6) is 0.869. The van der Waals surface area contributed by atoms with E-state index in [1.54, 1.807) is 6.33 Å². The van der Waals surface area contributed by atoms with Crippen LogP contribution in [0.5, 0.6) is 0 Å². The van der Waals surface area contributed by atoms with Crippen molar-refractivity contribution in [2.45, 2.75) is 32.2 Å². The molecule has 1 aliphatic heterocycles. The van der Waals surface area contributed by atoms with Gasteiger partial charge in [-0.05, 0) is 49.1 Å². The number of anilines is 2. The molecule has 5 heteroatoms. The van der Waals surface area contributed by atoms with E-state index in [1.165, 1.54) is 5.56 Å². The first-order valence-electron chi connectivity index (χ1n) is 9.12. The van der Waals surface area contributed by atoms with Gasteiger partial charge in [-0.15, -0.1) is 0 Å². The molecule has 1 N–H and O–H groups in total. The van der Waals surface area contributed by atoms with Crippen LogP contribution in [0.2, 0.25) is 0 Å². The highest BCUT2D eigenvalue weighted by Crippen LogP contribution is 2.30. The molecule has 1 atom stereocenters. The summed E-state index contributed by atoms with van der Waals surface area (Å²) >= 11 is 0. The van der Waals surface area contributed by atoms with E-state index in [9.17, 15) is 4.79 Å². The van der Waals surface area contributed by atoms with E-state index in [0.717, 1.165) is 48.2 Å². The third-order valence-electron chi connectivity index (χ3n) is 4.95. The average molecular weight is 346 g/mol. The Morgan fingerprint density at radius 3 is 2.96 bits per heavy atom. The van der Waals surface area contributed by atoms with Crippen LogP contribution in [0.3, 0.4) is 0 Å². The summed E-state index contributed by atoms with van der Waals surface area (Å²) < 4.78 is 0. The molecule has 0 unspecified atom stereocenters. The molecule has 0 radical (unpaired) electrons. The van der Waals surface area contributed by atoms with Gasteiger partial charge in [-0.25, -0.2) is 9.97 Å². The van der Waals surface area contributed by atoms with E-state index in [2.05, 4.69) is 33.2 Å². The maximum atomic E-state index is 12.9. The second kappa shape index (κ2) is 7.12. The van der Waals surface area contributed by atoms with Crippen LogP contribution in [0.25, 0.3) is 10.9 Å². The van der Waals surface area contributed by atoms with Crippen molar-refractivity contribution in [3.63, 3.8) is 0 Å². The quantitative estimate of drug-likeness (QED) is 0.781. The molecule has 5 nitrogen and oxygen atoms in total. The van der Waals surface area contributed by atoms with E-state index in [-0.39, 0.29) is 11.9 Å². The summed E-state index contributed by atoms with van der Waals surface area (Å²) in [6.07, 6.45) is 4.34. The SMILES string of the molecule is CCc1cccc(NC(=O)[C@H]2CCCN2c2ncnc3ccccc23)c1. The highest BCUT2D eigenvalue weighted by atomic mass is 16.2. The number of fused-ring (bicyclic) bond motifs is 1. The smallest absolute Gasteiger partial charge is 0.247 e. The number of carbonyl (C=O) groups is 1. The topological polar surface area (TPSA) is 58.1 Å². The fraction of sp³-hybridized carbons (Fsp3) is 0.286. The maximum Gasteiger partial charge on any atom is 0.247 e. The molecule has 132 valence electrons. The molecule has 1 fully saturated rings. The lowest BCUT2D eigenvalue weighted by Crippen LogP contribution is -2.40. The molecule has 2 heterocycles. The van der Waals surface area contributed by atoms with E-state index in [4.69, 9.17) is 0 Å². The Kier molecular flexibility index (Phi) is 4.52. The third-order valence-corrected chi connectivity index (χ3v) is 4.95. The van der Waals surface area contributed by atoms with Crippen molar-refractivity contribution in [1.82, 2.24) is 9.97 Å². The lowest BCUT2D eigenvalue weighted by atomic mass is 10.1. The molecule has 1 saturated heterocycles. The number of hydrogen-bond donors (Lipinski definition) is 1. The van der Waals surface area contributed by atoms with Crippen molar-refractivity contribution in [3.05, 3.63) is 60.4 Å². The number of carbonyl (C=O) groups excluding carboxylic acids is 1. The zero-order valence-corrected chi connectivity index (χ0v) is 14.9. The van der Waals surface area contributed by atoms with Gasteiger partial charge in [-0.2, -0.15) is 0 Å². The summed E-state index contributed by atoms with van der Waals surface area (Å²) in [6.45, 7) is 2.94. The maximum absolute atomic E-state index is 12.9. The van der Waals surface area contributed by atoms with Crippen molar-refractivity contribution in [3.8, 4) is 0 Å². The standard InChI is InChI=1S/C21H22N4O/c1-2-15-7-5-8-16(13-15)24-21(26)19-11-6-12-25(19)20-17-9-3-4-10-18(17)22-14-23-20/h3-5,7-10,13-14,19H,2,6,11-12H2,1H3,(H,24,26)/t19-/m1/s1. The number of hydrogen-bond acceptors (Lipinski definition) is 4. The molecular weight excluding hydrogens is 324 g/mol. The first kappa shape index (κ1) is 16.5. The average Bonchev–Trinajstić information content (AvgIpc) is 3.17. The fourth-order valence-electron chi connectivity index (χ4n) is 3.61. The zero-order chi connectivity index (χ0) is 17.9. The van der Waals surface area contributed by atoms with Gasteiger partial charge in [0.15, 0.2) is 0 Å². The molecule has 2 aromatic carbocycles. The van der Waals surface area contributed by atoms with Gasteiger partial charge in [-0.3, -0.25) is 4.79 Å². The number of aromatic nitrogens is 2. The number of aryl methyl sites for hydroxylation is 1. The number of nitrogens with one attached hydrogen (secondary N) is 1. The number of amides is 1. The van der Waals surface area contributed by atoms with Gasteiger partial charge in [-0.1, -0.05) is 31.2 Å². The van der Waals surface area contributed by atoms with E-state index >= 15 is 0 Å². The number of nitrogens with zero attached hydrogens (tertiary/aromatic N) is 3. The molecule has 1 amide bonds. The Balaban J connectivity index is 1.60. The van der Waals surface area contributed by atoms with Gasteiger partial charge in [0.2, 0.25) is 5.91 Å². The molecule has 26 heavy (non-hydrogen) atoms. The van der Waals surface area contributed by atoms with Crippen molar-refractivity contribution >= 4 is 28.3 Å². The molecule has 4 rings (SSSR count). The van der Waals surface area contributed by atoms with Crippen LogP contribution in [0.1, 0.15) is 25.3 Å². The molecule has 1 aromatic heterocycles. The molecule has 0 aliphatic carbocycles. The molecule has 0 spiro atoms. The number of rotatable bonds is 4. The second-order valence-electron chi connectivity index (χ2n) is 6.61. The summed E-state index contributed by atoms with van der Waals surface area (Å²) in [6, 6.07) is 15.8. The molecular formula is C21H22N4O. The van der Waals surface area contributed by atoms with E-state index in [1.807, 2.05) is 42.5 Å². The first-order chi connectivity index (χ1) is 12.8. The van der Waals surface area contributed by atoms with Crippen molar-refractivity contribution in [1.29, 1.82) is 0 Å². The Morgan fingerprint density at radius 1 is 1.19 bits per heavy atom. The van der Waals surface area contributed by atoms with Gasteiger partial charge in [0.05, 0.1) is 5.52 Å². The Morgan fingerprint density at radius 2 is 2.08 bits per heavy atom. The molecule has 0 saturated carbocycles. The Hall–Kier alpha value is -2.95. The minimum Gasteiger partial charge on any atom is -0.344 e. The van der Waals surface area contributed by atoms with Crippen LogP contribution >= 0.6 is 0 Å². The normalized spacial score (nSPS) is 16.8. The predicted molar refractivity (Wildman–Crippen MR) is 104 cm³/mol. The van der Waals surface area contributed by atoms with Crippen LogP contribution in [0.15, 0.2) is 54.9 Å². The highest BCUT2D eigenvalue weighted by molar-refractivity contribution is 5.99. The van der Waals surface area contributed by atoms with Crippen molar-refractivity contribution in [2.75, 3.05) is 16.8 Å². The van der Waals surface area contributed by atoms with E-state index in [0.29, 0.717) is 0 Å². The van der Waals surface area contributed by atoms with Gasteiger partial charge < -0.3 is 10.2 Å². The lowest BCUT2D eigenvalue weighted by molar-refractivity contribution is -0.117. The minimum absolute atomic E-state index is 0.0263. The largest absolute Gasteiger partial charge is 0.344 e. The van der Waals surface area contributed by atoms with Gasteiger partial charge in [0.25, 0.3) is 0 Å². The lowest BCUT2D eigenvalue weighted by Gasteiger charge is -2.25. The Labute approximate surface area is 153 Å². The molecule has 3 aromatic rings. The van der Waals surface area contributed by atoms with E-state index < -0.39 is 0 Å². The van der Waals surface area contributed by atoms with Crippen molar-refractivity contribution in [2.24, 2.45) is 0 Å². The highest BCUT2D eigenvalue weighted by Gasteiger charge is 2.32. The van der Waals surface area contributed by atoms with Crippen LogP contribution in [-0.4, -0.2) is 28.5 Å². The van der Waals surface area contributed by atoms with Gasteiger partial charge in [0.1, 0.15) is 18.2 Å². The molecule has 0 bridgehead atoms.